The van der Waals surface area contributed by atoms with Gasteiger partial charge >= 0.3 is 0 Å². The van der Waals surface area contributed by atoms with Crippen LogP contribution in [0.3, 0.4) is 0 Å². The summed E-state index contributed by atoms with van der Waals surface area (Å²) in [7, 11) is 0. The van der Waals surface area contributed by atoms with Gasteiger partial charge in [-0.25, -0.2) is 9.97 Å². The number of benzene rings is 1. The fourth-order valence-electron chi connectivity index (χ4n) is 1.86. The first-order chi connectivity index (χ1) is 9.08. The van der Waals surface area contributed by atoms with E-state index in [9.17, 15) is 0 Å². The molecule has 2 nitrogen and oxygen atoms in total. The Hall–Kier alpha value is -1.06. The maximum absolute atomic E-state index is 6.09. The Morgan fingerprint density at radius 3 is 2.42 bits per heavy atom. The van der Waals surface area contributed by atoms with Gasteiger partial charge in [-0.2, -0.15) is 0 Å². The van der Waals surface area contributed by atoms with Gasteiger partial charge in [-0.15, -0.1) is 11.8 Å². The van der Waals surface area contributed by atoms with Crippen molar-refractivity contribution in [3.8, 4) is 11.4 Å². The molecule has 0 saturated heterocycles. The number of halogens is 1. The highest BCUT2D eigenvalue weighted by Gasteiger charge is 2.07. The van der Waals surface area contributed by atoms with E-state index < -0.39 is 0 Å². The maximum atomic E-state index is 6.09. The molecule has 2 rings (SSSR count). The van der Waals surface area contributed by atoms with E-state index >= 15 is 0 Å². The Labute approximate surface area is 123 Å². The largest absolute Gasteiger partial charge is 0.233 e. The van der Waals surface area contributed by atoms with Crippen LogP contribution in [0.15, 0.2) is 35.2 Å². The molecular weight excluding hydrogens is 276 g/mol. The highest BCUT2D eigenvalue weighted by molar-refractivity contribution is 7.98. The lowest BCUT2D eigenvalue weighted by atomic mass is 10.1. The van der Waals surface area contributed by atoms with Gasteiger partial charge in [-0.1, -0.05) is 37.6 Å². The predicted molar refractivity (Wildman–Crippen MR) is 82.8 cm³/mol. The monoisotopic (exact) mass is 292 g/mol. The van der Waals surface area contributed by atoms with E-state index in [1.807, 2.05) is 18.2 Å². The summed E-state index contributed by atoms with van der Waals surface area (Å²) < 4.78 is 0. The van der Waals surface area contributed by atoms with E-state index in [4.69, 9.17) is 11.6 Å². The average molecular weight is 293 g/mol. The normalized spacial score (nSPS) is 11.0. The van der Waals surface area contributed by atoms with E-state index in [0.29, 0.717) is 16.9 Å². The SMILES string of the molecule is CSc1ccc(-c2nc(Cl)cc(CC(C)C)n2)cc1. The van der Waals surface area contributed by atoms with Crippen LogP contribution in [0.2, 0.25) is 5.15 Å². The van der Waals surface area contributed by atoms with Crippen molar-refractivity contribution < 1.29 is 0 Å². The number of aromatic nitrogens is 2. The molecule has 1 aromatic carbocycles. The quantitative estimate of drug-likeness (QED) is 0.602. The molecule has 0 aliphatic rings. The third-order valence-electron chi connectivity index (χ3n) is 2.71. The highest BCUT2D eigenvalue weighted by Crippen LogP contribution is 2.22. The molecule has 0 radical (unpaired) electrons. The summed E-state index contributed by atoms with van der Waals surface area (Å²) in [6, 6.07) is 10.1. The lowest BCUT2D eigenvalue weighted by molar-refractivity contribution is 0.634. The van der Waals surface area contributed by atoms with Crippen LogP contribution in [-0.4, -0.2) is 16.2 Å². The topological polar surface area (TPSA) is 25.8 Å². The third-order valence-corrected chi connectivity index (χ3v) is 3.65. The van der Waals surface area contributed by atoms with Crippen molar-refractivity contribution in [2.45, 2.75) is 25.2 Å². The lowest BCUT2D eigenvalue weighted by Crippen LogP contribution is -2.00. The number of hydrogen-bond acceptors (Lipinski definition) is 3. The van der Waals surface area contributed by atoms with Gasteiger partial charge in [-0.3, -0.25) is 0 Å². The molecule has 19 heavy (non-hydrogen) atoms. The molecule has 0 N–H and O–H groups in total. The van der Waals surface area contributed by atoms with Crippen molar-refractivity contribution in [3.05, 3.63) is 41.2 Å². The number of hydrogen-bond donors (Lipinski definition) is 0. The van der Waals surface area contributed by atoms with Gasteiger partial charge in [0.2, 0.25) is 0 Å². The summed E-state index contributed by atoms with van der Waals surface area (Å²) in [5.41, 5.74) is 2.00. The van der Waals surface area contributed by atoms with E-state index in [1.165, 1.54) is 4.90 Å². The highest BCUT2D eigenvalue weighted by atomic mass is 35.5. The summed E-state index contributed by atoms with van der Waals surface area (Å²) in [5.74, 6) is 1.26. The predicted octanol–water partition coefficient (Wildman–Crippen LogP) is 4.72. The smallest absolute Gasteiger partial charge is 0.161 e. The Bertz CT molecular complexity index is 553. The molecule has 0 aliphatic carbocycles. The number of rotatable bonds is 4. The molecule has 0 fully saturated rings. The Morgan fingerprint density at radius 1 is 1.16 bits per heavy atom. The minimum Gasteiger partial charge on any atom is -0.233 e. The van der Waals surface area contributed by atoms with Gasteiger partial charge in [-0.05, 0) is 36.8 Å². The Kier molecular flexibility index (Phi) is 4.83. The van der Waals surface area contributed by atoms with Crippen LogP contribution in [0.5, 0.6) is 0 Å². The molecule has 0 amide bonds. The fraction of sp³-hybridized carbons (Fsp3) is 0.333. The first-order valence-electron chi connectivity index (χ1n) is 6.26. The van der Waals surface area contributed by atoms with Crippen molar-refractivity contribution in [1.29, 1.82) is 0 Å². The molecule has 4 heteroatoms. The standard InChI is InChI=1S/C15H17ClN2S/c1-10(2)8-12-9-14(16)18-15(17-12)11-4-6-13(19-3)7-5-11/h4-7,9-10H,8H2,1-3H3. The maximum Gasteiger partial charge on any atom is 0.161 e. The van der Waals surface area contributed by atoms with Gasteiger partial charge < -0.3 is 0 Å². The van der Waals surface area contributed by atoms with Crippen LogP contribution in [0.4, 0.5) is 0 Å². The molecule has 1 heterocycles. The molecule has 0 saturated carbocycles. The van der Waals surface area contributed by atoms with Gasteiger partial charge in [0.25, 0.3) is 0 Å². The zero-order valence-electron chi connectivity index (χ0n) is 11.4. The van der Waals surface area contributed by atoms with Crippen LogP contribution >= 0.6 is 23.4 Å². The molecule has 100 valence electrons. The third kappa shape index (κ3) is 3.95. The van der Waals surface area contributed by atoms with E-state index in [2.05, 4.69) is 42.2 Å². The summed E-state index contributed by atoms with van der Waals surface area (Å²) in [6.07, 6.45) is 2.98. The lowest BCUT2D eigenvalue weighted by Gasteiger charge is -2.07. The fourth-order valence-corrected chi connectivity index (χ4v) is 2.47. The van der Waals surface area contributed by atoms with E-state index in [-0.39, 0.29) is 0 Å². The molecule has 0 atom stereocenters. The van der Waals surface area contributed by atoms with Gasteiger partial charge in [0, 0.05) is 16.2 Å². The van der Waals surface area contributed by atoms with Gasteiger partial charge in [0.15, 0.2) is 5.82 Å². The van der Waals surface area contributed by atoms with Crippen molar-refractivity contribution in [2.75, 3.05) is 6.26 Å². The molecule has 0 aliphatic heterocycles. The summed E-state index contributed by atoms with van der Waals surface area (Å²) in [6.45, 7) is 4.34. The van der Waals surface area contributed by atoms with E-state index in [1.54, 1.807) is 11.8 Å². The zero-order valence-corrected chi connectivity index (χ0v) is 12.9. The van der Waals surface area contributed by atoms with Crippen LogP contribution in [-0.2, 0) is 6.42 Å². The Balaban J connectivity index is 2.34. The van der Waals surface area contributed by atoms with Crippen molar-refractivity contribution >= 4 is 23.4 Å². The van der Waals surface area contributed by atoms with Crippen LogP contribution in [0.1, 0.15) is 19.5 Å². The summed E-state index contributed by atoms with van der Waals surface area (Å²) >= 11 is 7.81. The van der Waals surface area contributed by atoms with Crippen LogP contribution < -0.4 is 0 Å². The van der Waals surface area contributed by atoms with Crippen molar-refractivity contribution in [2.24, 2.45) is 5.92 Å². The van der Waals surface area contributed by atoms with E-state index in [0.717, 1.165) is 17.7 Å². The van der Waals surface area contributed by atoms with Crippen LogP contribution in [0.25, 0.3) is 11.4 Å². The first-order valence-corrected chi connectivity index (χ1v) is 7.86. The van der Waals surface area contributed by atoms with Gasteiger partial charge in [0.05, 0.1) is 0 Å². The van der Waals surface area contributed by atoms with Gasteiger partial charge in [0.1, 0.15) is 5.15 Å². The number of nitrogens with zero attached hydrogens (tertiary/aromatic N) is 2. The molecular formula is C15H17ClN2S. The summed E-state index contributed by atoms with van der Waals surface area (Å²) in [4.78, 5) is 10.1. The molecule has 0 spiro atoms. The first kappa shape index (κ1) is 14.4. The minimum atomic E-state index is 0.509. The molecule has 1 aromatic heterocycles. The molecule has 2 aromatic rings. The number of thioether (sulfide) groups is 1. The summed E-state index contributed by atoms with van der Waals surface area (Å²) in [5, 5.41) is 0.509. The second-order valence-corrected chi connectivity index (χ2v) is 6.10. The minimum absolute atomic E-state index is 0.509. The molecule has 0 bridgehead atoms. The molecule has 0 unspecified atom stereocenters. The van der Waals surface area contributed by atoms with Crippen molar-refractivity contribution in [3.63, 3.8) is 0 Å². The Morgan fingerprint density at radius 2 is 1.84 bits per heavy atom. The average Bonchev–Trinajstić information content (AvgIpc) is 2.37. The second kappa shape index (κ2) is 6.40. The zero-order chi connectivity index (χ0) is 13.8. The van der Waals surface area contributed by atoms with Crippen LogP contribution in [0, 0.1) is 5.92 Å². The van der Waals surface area contributed by atoms with Crippen molar-refractivity contribution in [1.82, 2.24) is 9.97 Å². The second-order valence-electron chi connectivity index (χ2n) is 4.83.